The first kappa shape index (κ1) is 16.4. The molecule has 0 aromatic rings. The van der Waals surface area contributed by atoms with Crippen LogP contribution in [0, 0.1) is 5.41 Å². The average Bonchev–Trinajstić information content (AvgIpc) is 2.14. The van der Waals surface area contributed by atoms with Gasteiger partial charge < -0.3 is 4.52 Å². The van der Waals surface area contributed by atoms with Crippen molar-refractivity contribution in [3.05, 3.63) is 0 Å². The van der Waals surface area contributed by atoms with Gasteiger partial charge in [-0.05, 0) is 46.2 Å². The van der Waals surface area contributed by atoms with Crippen LogP contribution in [0.1, 0.15) is 54.9 Å². The van der Waals surface area contributed by atoms with Gasteiger partial charge in [-0.2, -0.15) is 0 Å². The lowest BCUT2D eigenvalue weighted by Crippen LogP contribution is -2.33. The molecule has 2 nitrogen and oxygen atoms in total. The fourth-order valence-corrected chi connectivity index (χ4v) is 3.65. The number of nitrogens with zero attached hydrogens (tertiary/aromatic N) is 1. The van der Waals surface area contributed by atoms with Crippen molar-refractivity contribution in [1.29, 1.82) is 0 Å². The van der Waals surface area contributed by atoms with Gasteiger partial charge >= 0.3 is 0 Å². The minimum atomic E-state index is -0.460. The first-order chi connectivity index (χ1) is 7.21. The highest BCUT2D eigenvalue weighted by atomic mass is 31.2. The van der Waals surface area contributed by atoms with Crippen LogP contribution >= 0.6 is 8.30 Å². The van der Waals surface area contributed by atoms with E-state index in [0.29, 0.717) is 17.5 Å². The lowest BCUT2D eigenvalue weighted by molar-refractivity contribution is 0.169. The van der Waals surface area contributed by atoms with E-state index in [1.165, 1.54) is 6.42 Å². The zero-order valence-electron chi connectivity index (χ0n) is 12.4. The molecule has 0 bridgehead atoms. The molecule has 0 spiro atoms. The van der Waals surface area contributed by atoms with Crippen LogP contribution in [0.15, 0.2) is 0 Å². The standard InChI is InChI=1S/C13H30NOP/c1-9-13(6,7)10-15-16(8)14(11(2)3)12(4)5/h11-12H,9-10H2,1-8H3. The summed E-state index contributed by atoms with van der Waals surface area (Å²) in [6.45, 7) is 18.8. The van der Waals surface area contributed by atoms with E-state index in [4.69, 9.17) is 4.52 Å². The molecule has 1 unspecified atom stereocenters. The maximum atomic E-state index is 6.07. The summed E-state index contributed by atoms with van der Waals surface area (Å²) < 4.78 is 8.55. The van der Waals surface area contributed by atoms with E-state index in [-0.39, 0.29) is 0 Å². The largest absolute Gasteiger partial charge is 0.343 e. The topological polar surface area (TPSA) is 12.5 Å². The summed E-state index contributed by atoms with van der Waals surface area (Å²) in [5.74, 6) is 0. The number of hydrogen-bond donors (Lipinski definition) is 0. The van der Waals surface area contributed by atoms with Gasteiger partial charge in [0.1, 0.15) is 8.30 Å². The van der Waals surface area contributed by atoms with Crippen LogP contribution in [0.25, 0.3) is 0 Å². The molecule has 0 saturated carbocycles. The maximum absolute atomic E-state index is 6.07. The quantitative estimate of drug-likeness (QED) is 0.614. The Labute approximate surface area is 104 Å². The number of hydrogen-bond acceptors (Lipinski definition) is 2. The Kier molecular flexibility index (Phi) is 7.09. The third-order valence-corrected chi connectivity index (χ3v) is 5.06. The third-order valence-electron chi connectivity index (χ3n) is 2.98. The Morgan fingerprint density at radius 3 is 1.88 bits per heavy atom. The van der Waals surface area contributed by atoms with Crippen molar-refractivity contribution in [3.8, 4) is 0 Å². The summed E-state index contributed by atoms with van der Waals surface area (Å²) in [6.07, 6.45) is 1.17. The summed E-state index contributed by atoms with van der Waals surface area (Å²) in [4.78, 5) is 0. The van der Waals surface area contributed by atoms with Gasteiger partial charge in [0.05, 0.1) is 6.61 Å². The van der Waals surface area contributed by atoms with Crippen LogP contribution in [0.3, 0.4) is 0 Å². The maximum Gasteiger partial charge on any atom is 0.101 e. The molecule has 0 aliphatic carbocycles. The fourth-order valence-electron chi connectivity index (χ4n) is 1.68. The molecular formula is C13H30NOP. The van der Waals surface area contributed by atoms with Gasteiger partial charge in [0.15, 0.2) is 0 Å². The molecule has 0 fully saturated rings. The van der Waals surface area contributed by atoms with Crippen molar-refractivity contribution in [1.82, 2.24) is 4.67 Å². The molecular weight excluding hydrogens is 217 g/mol. The van der Waals surface area contributed by atoms with E-state index in [0.717, 1.165) is 6.61 Å². The van der Waals surface area contributed by atoms with Crippen LogP contribution in [-0.4, -0.2) is 30.0 Å². The van der Waals surface area contributed by atoms with Gasteiger partial charge in [-0.15, -0.1) is 0 Å². The minimum absolute atomic E-state index is 0.302. The summed E-state index contributed by atoms with van der Waals surface area (Å²) in [5, 5.41) is 0. The van der Waals surface area contributed by atoms with Gasteiger partial charge in [-0.3, -0.25) is 4.67 Å². The second-order valence-electron chi connectivity index (χ2n) is 5.82. The average molecular weight is 247 g/mol. The Morgan fingerprint density at radius 2 is 1.56 bits per heavy atom. The van der Waals surface area contributed by atoms with E-state index < -0.39 is 8.30 Å². The lowest BCUT2D eigenvalue weighted by Gasteiger charge is -2.36. The molecule has 0 aliphatic rings. The summed E-state index contributed by atoms with van der Waals surface area (Å²) in [6, 6.07) is 1.11. The fraction of sp³-hybridized carbons (Fsp3) is 1.00. The Bertz CT molecular complexity index is 184. The number of rotatable bonds is 7. The highest BCUT2D eigenvalue weighted by molar-refractivity contribution is 7.49. The molecule has 3 heteroatoms. The molecule has 0 aromatic carbocycles. The van der Waals surface area contributed by atoms with E-state index in [1.54, 1.807) is 0 Å². The molecule has 16 heavy (non-hydrogen) atoms. The van der Waals surface area contributed by atoms with E-state index in [9.17, 15) is 0 Å². The lowest BCUT2D eigenvalue weighted by atomic mass is 9.92. The van der Waals surface area contributed by atoms with Crippen molar-refractivity contribution in [2.45, 2.75) is 67.0 Å². The van der Waals surface area contributed by atoms with Crippen molar-refractivity contribution < 1.29 is 4.52 Å². The predicted octanol–water partition coefficient (Wildman–Crippen LogP) is 4.50. The molecule has 1 atom stereocenters. The van der Waals surface area contributed by atoms with Crippen molar-refractivity contribution >= 4 is 8.30 Å². The second kappa shape index (κ2) is 6.93. The molecule has 98 valence electrons. The molecule has 0 saturated heterocycles. The molecule has 0 rings (SSSR count). The van der Waals surface area contributed by atoms with Crippen LogP contribution in [0.2, 0.25) is 0 Å². The smallest absolute Gasteiger partial charge is 0.101 e. The Hall–Kier alpha value is 0.350. The minimum Gasteiger partial charge on any atom is -0.343 e. The van der Waals surface area contributed by atoms with Crippen LogP contribution in [0.4, 0.5) is 0 Å². The molecule has 0 radical (unpaired) electrons. The molecule has 0 amide bonds. The van der Waals surface area contributed by atoms with Gasteiger partial charge in [0.2, 0.25) is 0 Å². The van der Waals surface area contributed by atoms with E-state index >= 15 is 0 Å². The SMILES string of the molecule is CCC(C)(C)COP(C)N(C(C)C)C(C)C. The normalized spacial score (nSPS) is 15.2. The van der Waals surface area contributed by atoms with Gasteiger partial charge in [0, 0.05) is 12.1 Å². The van der Waals surface area contributed by atoms with Crippen LogP contribution in [0.5, 0.6) is 0 Å². The molecule has 0 aliphatic heterocycles. The highest BCUT2D eigenvalue weighted by Crippen LogP contribution is 2.42. The van der Waals surface area contributed by atoms with Crippen molar-refractivity contribution in [2.75, 3.05) is 13.3 Å². The molecule has 0 aromatic heterocycles. The zero-order chi connectivity index (χ0) is 12.9. The summed E-state index contributed by atoms with van der Waals surface area (Å²) in [5.41, 5.74) is 0.302. The third kappa shape index (κ3) is 5.61. The Balaban J connectivity index is 4.27. The van der Waals surface area contributed by atoms with Gasteiger partial charge in [0.25, 0.3) is 0 Å². The van der Waals surface area contributed by atoms with Crippen molar-refractivity contribution in [2.24, 2.45) is 5.41 Å². The zero-order valence-corrected chi connectivity index (χ0v) is 13.3. The monoisotopic (exact) mass is 247 g/mol. The van der Waals surface area contributed by atoms with Crippen LogP contribution < -0.4 is 0 Å². The summed E-state index contributed by atoms with van der Waals surface area (Å²) in [7, 11) is -0.460. The second-order valence-corrected chi connectivity index (χ2v) is 7.47. The van der Waals surface area contributed by atoms with Crippen LogP contribution in [-0.2, 0) is 4.52 Å². The van der Waals surface area contributed by atoms with Gasteiger partial charge in [-0.25, -0.2) is 0 Å². The summed E-state index contributed by atoms with van der Waals surface area (Å²) >= 11 is 0. The highest BCUT2D eigenvalue weighted by Gasteiger charge is 2.24. The van der Waals surface area contributed by atoms with Crippen molar-refractivity contribution in [3.63, 3.8) is 0 Å². The Morgan fingerprint density at radius 1 is 1.12 bits per heavy atom. The van der Waals surface area contributed by atoms with Gasteiger partial charge in [-0.1, -0.05) is 20.8 Å². The van der Waals surface area contributed by atoms with E-state index in [1.807, 2.05) is 0 Å². The molecule has 0 N–H and O–H groups in total. The first-order valence-electron chi connectivity index (χ1n) is 6.36. The first-order valence-corrected chi connectivity index (χ1v) is 8.02. The molecule has 0 heterocycles. The van der Waals surface area contributed by atoms with E-state index in [2.05, 4.69) is 59.8 Å². The predicted molar refractivity (Wildman–Crippen MR) is 75.0 cm³/mol.